The van der Waals surface area contributed by atoms with Crippen LogP contribution in [0.4, 0.5) is 5.69 Å². The van der Waals surface area contributed by atoms with E-state index in [1.54, 1.807) is 29.4 Å². The van der Waals surface area contributed by atoms with Crippen molar-refractivity contribution in [2.75, 3.05) is 18.5 Å². The van der Waals surface area contributed by atoms with E-state index in [1.165, 1.54) is 24.2 Å². The highest BCUT2D eigenvalue weighted by molar-refractivity contribution is 7.80. The topological polar surface area (TPSA) is 75.0 Å². The van der Waals surface area contributed by atoms with Gasteiger partial charge in [-0.2, -0.15) is 0 Å². The summed E-state index contributed by atoms with van der Waals surface area (Å²) in [5.41, 5.74) is 0.659. The maximum atomic E-state index is 12.9. The van der Waals surface area contributed by atoms with Crippen LogP contribution in [-0.2, 0) is 16.1 Å². The number of nitrogens with one attached hydrogen (secondary N) is 1. The predicted octanol–water partition coefficient (Wildman–Crippen LogP) is 4.59. The largest absolute Gasteiger partial charge is 0.494 e. The van der Waals surface area contributed by atoms with E-state index in [2.05, 4.69) is 12.2 Å². The van der Waals surface area contributed by atoms with Gasteiger partial charge in [0.2, 0.25) is 5.91 Å². The van der Waals surface area contributed by atoms with Crippen LogP contribution in [0.15, 0.2) is 47.1 Å². The first-order valence-corrected chi connectivity index (χ1v) is 11.6. The molecule has 0 unspecified atom stereocenters. The van der Waals surface area contributed by atoms with Gasteiger partial charge in [-0.05, 0) is 62.0 Å². The quantitative estimate of drug-likeness (QED) is 0.371. The minimum atomic E-state index is -0.654. The van der Waals surface area contributed by atoms with Crippen molar-refractivity contribution in [3.8, 4) is 5.75 Å². The average Bonchev–Trinajstić information content (AvgIpc) is 3.37. The monoisotopic (exact) mass is 457 g/mol. The minimum absolute atomic E-state index is 0.00582. The average molecular weight is 458 g/mol. The minimum Gasteiger partial charge on any atom is -0.494 e. The Kier molecular flexibility index (Phi) is 8.67. The smallest absolute Gasteiger partial charge is 0.252 e. The van der Waals surface area contributed by atoms with Crippen molar-refractivity contribution in [3.63, 3.8) is 0 Å². The van der Waals surface area contributed by atoms with Gasteiger partial charge in [-0.25, -0.2) is 0 Å². The second-order valence-corrected chi connectivity index (χ2v) is 8.14. The number of thiocarbonyl (C=S) groups is 1. The number of ether oxygens (including phenoxy) is 1. The summed E-state index contributed by atoms with van der Waals surface area (Å²) in [4.78, 5) is 28.9. The lowest BCUT2D eigenvalue weighted by Gasteiger charge is -2.22. The molecule has 7 nitrogen and oxygen atoms in total. The van der Waals surface area contributed by atoms with Gasteiger partial charge in [-0.3, -0.25) is 14.5 Å². The number of hydrogen-bond acceptors (Lipinski definition) is 5. The summed E-state index contributed by atoms with van der Waals surface area (Å²) in [5.74, 6) is 1.06. The molecule has 3 rings (SSSR count). The number of hydrogen-bond donors (Lipinski definition) is 1. The highest BCUT2D eigenvalue weighted by atomic mass is 32.1. The van der Waals surface area contributed by atoms with Crippen LogP contribution in [-0.4, -0.2) is 45.9 Å². The molecule has 1 aromatic heterocycles. The molecule has 0 radical (unpaired) electrons. The van der Waals surface area contributed by atoms with Gasteiger partial charge < -0.3 is 19.4 Å². The van der Waals surface area contributed by atoms with E-state index >= 15 is 0 Å². The molecule has 1 aromatic carbocycles. The summed E-state index contributed by atoms with van der Waals surface area (Å²) in [6.45, 7) is 5.54. The van der Waals surface area contributed by atoms with Gasteiger partial charge in [0.25, 0.3) is 5.91 Å². The molecule has 0 bridgehead atoms. The number of rotatable bonds is 12. The van der Waals surface area contributed by atoms with Crippen LogP contribution < -0.4 is 10.1 Å². The third-order valence-electron chi connectivity index (χ3n) is 5.41. The Morgan fingerprint density at radius 2 is 1.94 bits per heavy atom. The zero-order valence-corrected chi connectivity index (χ0v) is 19.5. The molecular weight excluding hydrogens is 426 g/mol. The first-order valence-electron chi connectivity index (χ1n) is 11.2. The molecule has 1 aliphatic rings. The number of furan rings is 1. The SMILES string of the molecule is CCCCCCOc1ccc(NC(=O)C[C@H]2C(=O)N(CC)C(=S)N2Cc2ccco2)cc1. The summed E-state index contributed by atoms with van der Waals surface area (Å²) in [7, 11) is 0. The van der Waals surface area contributed by atoms with E-state index < -0.39 is 6.04 Å². The van der Waals surface area contributed by atoms with Gasteiger partial charge >= 0.3 is 0 Å². The fourth-order valence-corrected chi connectivity index (χ4v) is 4.08. The van der Waals surface area contributed by atoms with E-state index in [0.717, 1.165) is 12.2 Å². The molecule has 32 heavy (non-hydrogen) atoms. The van der Waals surface area contributed by atoms with Crippen LogP contribution in [0.2, 0.25) is 0 Å². The molecule has 0 spiro atoms. The molecule has 0 saturated carbocycles. The normalized spacial score (nSPS) is 16.0. The number of unbranched alkanes of at least 4 members (excludes halogenated alkanes) is 3. The number of benzene rings is 1. The summed E-state index contributed by atoms with van der Waals surface area (Å²) < 4.78 is 11.2. The van der Waals surface area contributed by atoms with Crippen molar-refractivity contribution < 1.29 is 18.7 Å². The van der Waals surface area contributed by atoms with E-state index in [-0.39, 0.29) is 18.2 Å². The summed E-state index contributed by atoms with van der Waals surface area (Å²) in [6, 6.07) is 10.2. The molecule has 1 saturated heterocycles. The third kappa shape index (κ3) is 6.09. The molecule has 2 heterocycles. The van der Waals surface area contributed by atoms with Gasteiger partial charge in [0.15, 0.2) is 5.11 Å². The van der Waals surface area contributed by atoms with Gasteiger partial charge in [0, 0.05) is 12.2 Å². The van der Waals surface area contributed by atoms with E-state index in [4.69, 9.17) is 21.4 Å². The summed E-state index contributed by atoms with van der Waals surface area (Å²) in [6.07, 6.45) is 6.20. The lowest BCUT2D eigenvalue weighted by Crippen LogP contribution is -2.37. The van der Waals surface area contributed by atoms with Crippen molar-refractivity contribution in [2.24, 2.45) is 0 Å². The first-order chi connectivity index (χ1) is 15.5. The number of amides is 2. The van der Waals surface area contributed by atoms with Crippen molar-refractivity contribution in [1.82, 2.24) is 9.80 Å². The van der Waals surface area contributed by atoms with Crippen LogP contribution in [0.5, 0.6) is 5.75 Å². The Balaban J connectivity index is 1.56. The molecular formula is C24H31N3O4S. The molecule has 2 aromatic rings. The number of nitrogens with zero attached hydrogens (tertiary/aromatic N) is 2. The number of anilines is 1. The van der Waals surface area contributed by atoms with Gasteiger partial charge in [-0.15, -0.1) is 0 Å². The lowest BCUT2D eigenvalue weighted by atomic mass is 10.1. The Hall–Kier alpha value is -2.87. The van der Waals surface area contributed by atoms with Crippen molar-refractivity contribution in [3.05, 3.63) is 48.4 Å². The zero-order valence-electron chi connectivity index (χ0n) is 18.7. The molecule has 1 aliphatic heterocycles. The number of carbonyl (C=O) groups is 2. The van der Waals surface area contributed by atoms with Crippen molar-refractivity contribution >= 4 is 34.8 Å². The van der Waals surface area contributed by atoms with Crippen LogP contribution in [0, 0.1) is 0 Å². The molecule has 2 amide bonds. The standard InChI is InChI=1S/C24H31N3O4S/c1-3-5-6-7-14-30-19-12-10-18(11-13-19)25-22(28)16-21-23(29)26(4-2)24(32)27(21)17-20-9-8-15-31-20/h8-13,15,21H,3-7,14,16-17H2,1-2H3,(H,25,28)/t21-/m0/s1. The molecule has 1 atom stereocenters. The summed E-state index contributed by atoms with van der Waals surface area (Å²) >= 11 is 5.49. The van der Waals surface area contributed by atoms with Crippen molar-refractivity contribution in [2.45, 2.75) is 58.5 Å². The maximum Gasteiger partial charge on any atom is 0.252 e. The van der Waals surface area contributed by atoms with E-state index in [9.17, 15) is 9.59 Å². The van der Waals surface area contributed by atoms with Crippen LogP contribution >= 0.6 is 12.2 Å². The lowest BCUT2D eigenvalue weighted by molar-refractivity contribution is -0.130. The van der Waals surface area contributed by atoms with Crippen LogP contribution in [0.25, 0.3) is 0 Å². The Labute approximate surface area is 194 Å². The Bertz CT molecular complexity index is 898. The van der Waals surface area contributed by atoms with Gasteiger partial charge in [0.1, 0.15) is 17.6 Å². The van der Waals surface area contributed by atoms with Gasteiger partial charge in [-0.1, -0.05) is 26.2 Å². The van der Waals surface area contributed by atoms with E-state index in [1.807, 2.05) is 25.1 Å². The fraction of sp³-hybridized carbons (Fsp3) is 0.458. The highest BCUT2D eigenvalue weighted by Crippen LogP contribution is 2.24. The molecule has 1 N–H and O–H groups in total. The fourth-order valence-electron chi connectivity index (χ4n) is 3.67. The zero-order chi connectivity index (χ0) is 22.9. The third-order valence-corrected chi connectivity index (χ3v) is 5.86. The predicted molar refractivity (Wildman–Crippen MR) is 127 cm³/mol. The maximum absolute atomic E-state index is 12.9. The van der Waals surface area contributed by atoms with Crippen LogP contribution in [0.1, 0.15) is 51.7 Å². The van der Waals surface area contributed by atoms with Crippen LogP contribution in [0.3, 0.4) is 0 Å². The van der Waals surface area contributed by atoms with E-state index in [0.29, 0.717) is 36.3 Å². The Morgan fingerprint density at radius 3 is 2.59 bits per heavy atom. The first kappa shape index (κ1) is 23.8. The Morgan fingerprint density at radius 1 is 1.16 bits per heavy atom. The highest BCUT2D eigenvalue weighted by Gasteiger charge is 2.42. The second-order valence-electron chi connectivity index (χ2n) is 7.77. The number of carbonyl (C=O) groups excluding carboxylic acids is 2. The summed E-state index contributed by atoms with van der Waals surface area (Å²) in [5, 5.41) is 3.29. The molecule has 8 heteroatoms. The number of likely N-dealkylation sites (N-methyl/N-ethyl adjacent to an activating group) is 1. The second kappa shape index (κ2) is 11.7. The van der Waals surface area contributed by atoms with Gasteiger partial charge in [0.05, 0.1) is 25.8 Å². The molecule has 1 fully saturated rings. The van der Waals surface area contributed by atoms with Crippen molar-refractivity contribution in [1.29, 1.82) is 0 Å². The molecule has 0 aliphatic carbocycles. The molecule has 172 valence electrons.